The molecule has 0 saturated heterocycles. The van der Waals surface area contributed by atoms with Crippen LogP contribution in [0.1, 0.15) is 203 Å². The Morgan fingerprint density at radius 1 is 0.394 bits per heavy atom. The summed E-state index contributed by atoms with van der Waals surface area (Å²) in [7, 11) is 5.78. The topological polar surface area (TPSA) is 115 Å². The summed E-state index contributed by atoms with van der Waals surface area (Å²) in [5, 5.41) is 0. The Hall–Kier alpha value is -1.54. The van der Waals surface area contributed by atoms with Gasteiger partial charge in [-0.15, -0.1) is 0 Å². The van der Waals surface area contributed by atoms with Crippen molar-refractivity contribution in [3.8, 4) is 0 Å². The van der Waals surface area contributed by atoms with Crippen LogP contribution in [0.2, 0.25) is 0 Å². The lowest BCUT2D eigenvalue weighted by atomic mass is 10.0. The molecule has 0 aliphatic carbocycles. The van der Waals surface area contributed by atoms with Crippen LogP contribution in [0.15, 0.2) is 0 Å². The Kier molecular flexibility index (Phi) is 46.1. The summed E-state index contributed by atoms with van der Waals surface area (Å²) in [5.41, 5.74) is 0. The van der Waals surface area contributed by atoms with Crippen LogP contribution in [0.25, 0.3) is 0 Å². The molecule has 13 heteroatoms. The first kappa shape index (κ1) is 64.5. The minimum atomic E-state index is -0.191. The zero-order valence-electron chi connectivity index (χ0n) is 44.0. The van der Waals surface area contributed by atoms with Crippen molar-refractivity contribution >= 4 is 45.5 Å². The van der Waals surface area contributed by atoms with Crippen molar-refractivity contribution in [1.82, 2.24) is 14.7 Å². The molecular weight excluding hydrogens is 871 g/mol. The third kappa shape index (κ3) is 40.4. The number of ether oxygens (including phenoxy) is 4. The van der Waals surface area contributed by atoms with Gasteiger partial charge in [-0.3, -0.25) is 19.2 Å². The normalized spacial score (nSPS) is 13.0. The molecule has 0 spiro atoms. The molecule has 0 amide bonds. The summed E-state index contributed by atoms with van der Waals surface area (Å²) < 4.78 is 22.7. The lowest BCUT2D eigenvalue weighted by molar-refractivity contribution is -0.147. The third-order valence-corrected chi connectivity index (χ3v) is 15.2. The fourth-order valence-electron chi connectivity index (χ4n) is 7.77. The van der Waals surface area contributed by atoms with Crippen LogP contribution in [0, 0.1) is 17.8 Å². The maximum atomic E-state index is 12.8. The standard InChI is InChI=1S/C53H103N3O8S2/c1-9-16-20-21-22-23-42-65-66-43-41-61-50(57)29-37-55(38-30-51(58)62-44-47(13-5)26-17-10-2)35-24-33-54(8)34-25-36-56(39-31-52(59)63-45-48(14-6)27-18-11-3)40-32-53(60)64-46-49(15-7)28-19-12-4/h47-49H,9-46H2,1-8H3. The first-order valence-corrected chi connectivity index (χ1v) is 29.5. The molecule has 0 fully saturated rings. The van der Waals surface area contributed by atoms with E-state index in [1.165, 1.54) is 38.5 Å². The molecule has 0 rings (SSSR count). The summed E-state index contributed by atoms with van der Waals surface area (Å²) in [5.74, 6) is 2.43. The van der Waals surface area contributed by atoms with Crippen molar-refractivity contribution in [3.05, 3.63) is 0 Å². The van der Waals surface area contributed by atoms with Crippen LogP contribution in [0.5, 0.6) is 0 Å². The van der Waals surface area contributed by atoms with Crippen molar-refractivity contribution in [2.75, 3.05) is 97.3 Å². The zero-order valence-corrected chi connectivity index (χ0v) is 45.7. The fraction of sp³-hybridized carbons (Fsp3) is 0.925. The summed E-state index contributed by atoms with van der Waals surface area (Å²) in [4.78, 5) is 58.0. The van der Waals surface area contributed by atoms with Gasteiger partial charge < -0.3 is 33.6 Å². The van der Waals surface area contributed by atoms with E-state index in [4.69, 9.17) is 18.9 Å². The Morgan fingerprint density at radius 2 is 0.742 bits per heavy atom. The summed E-state index contributed by atoms with van der Waals surface area (Å²) in [6.07, 6.45) is 23.9. The van der Waals surface area contributed by atoms with Crippen LogP contribution in [0.3, 0.4) is 0 Å². The van der Waals surface area contributed by atoms with Gasteiger partial charge >= 0.3 is 23.9 Å². The quantitative estimate of drug-likeness (QED) is 0.0250. The minimum Gasteiger partial charge on any atom is -0.465 e. The molecule has 0 aromatic rings. The molecule has 3 atom stereocenters. The van der Waals surface area contributed by atoms with E-state index < -0.39 is 0 Å². The van der Waals surface area contributed by atoms with E-state index >= 15 is 0 Å². The van der Waals surface area contributed by atoms with Gasteiger partial charge in [-0.25, -0.2) is 0 Å². The van der Waals surface area contributed by atoms with Gasteiger partial charge in [0.05, 0.1) is 45.5 Å². The van der Waals surface area contributed by atoms with Crippen molar-refractivity contribution in [2.24, 2.45) is 17.8 Å². The number of carbonyl (C=O) groups is 4. The fourth-order valence-corrected chi connectivity index (χ4v) is 9.75. The van der Waals surface area contributed by atoms with Crippen LogP contribution in [-0.2, 0) is 38.1 Å². The second-order valence-corrected chi connectivity index (χ2v) is 21.3. The molecule has 0 radical (unpaired) electrons. The van der Waals surface area contributed by atoms with E-state index in [1.807, 2.05) is 10.8 Å². The predicted octanol–water partition coefficient (Wildman–Crippen LogP) is 12.4. The van der Waals surface area contributed by atoms with Gasteiger partial charge in [0, 0.05) is 37.7 Å². The second-order valence-electron chi connectivity index (χ2n) is 18.6. The Balaban J connectivity index is 5.17. The minimum absolute atomic E-state index is 0.174. The van der Waals surface area contributed by atoms with E-state index in [1.54, 1.807) is 10.8 Å². The Morgan fingerprint density at radius 3 is 1.12 bits per heavy atom. The number of hydrogen-bond donors (Lipinski definition) is 0. The van der Waals surface area contributed by atoms with Gasteiger partial charge in [0.1, 0.15) is 6.61 Å². The second kappa shape index (κ2) is 47.2. The number of nitrogens with zero attached hydrogens (tertiary/aromatic N) is 3. The van der Waals surface area contributed by atoms with Gasteiger partial charge in [-0.2, -0.15) is 0 Å². The highest BCUT2D eigenvalue weighted by Crippen LogP contribution is 2.23. The molecule has 0 aliphatic rings. The van der Waals surface area contributed by atoms with Gasteiger partial charge in [0.15, 0.2) is 0 Å². The largest absolute Gasteiger partial charge is 0.465 e. The smallest absolute Gasteiger partial charge is 0.307 e. The van der Waals surface area contributed by atoms with Crippen molar-refractivity contribution < 1.29 is 38.1 Å². The lowest BCUT2D eigenvalue weighted by Gasteiger charge is -2.25. The highest BCUT2D eigenvalue weighted by molar-refractivity contribution is 8.76. The monoisotopic (exact) mass is 974 g/mol. The number of carbonyl (C=O) groups excluding carboxylic acids is 4. The van der Waals surface area contributed by atoms with Crippen molar-refractivity contribution in [3.63, 3.8) is 0 Å². The molecule has 0 bridgehead atoms. The van der Waals surface area contributed by atoms with Crippen LogP contribution in [-0.4, -0.2) is 136 Å². The molecular formula is C53H103N3O8S2. The van der Waals surface area contributed by atoms with E-state index in [2.05, 4.69) is 70.2 Å². The molecule has 11 nitrogen and oxygen atoms in total. The molecule has 66 heavy (non-hydrogen) atoms. The Bertz CT molecular complexity index is 1120. The first-order valence-electron chi connectivity index (χ1n) is 27.0. The zero-order chi connectivity index (χ0) is 48.9. The average Bonchev–Trinajstić information content (AvgIpc) is 3.32. The van der Waals surface area contributed by atoms with E-state index in [-0.39, 0.29) is 23.9 Å². The SMILES string of the molecule is CCCCCCCCSSCCOC(=O)CCN(CCCN(C)CCCN(CCC(=O)OCC(CC)CCCC)CCC(=O)OCC(CC)CCCC)CCC(=O)OCC(CC)CCCC. The number of rotatable bonds is 49. The molecule has 0 heterocycles. The van der Waals surface area contributed by atoms with Crippen molar-refractivity contribution in [2.45, 2.75) is 203 Å². The average molecular weight is 975 g/mol. The summed E-state index contributed by atoms with van der Waals surface area (Å²) in [6, 6.07) is 0. The van der Waals surface area contributed by atoms with E-state index in [9.17, 15) is 19.2 Å². The third-order valence-electron chi connectivity index (χ3n) is 12.7. The van der Waals surface area contributed by atoms with Gasteiger partial charge in [-0.1, -0.05) is 160 Å². The lowest BCUT2D eigenvalue weighted by Crippen LogP contribution is -2.34. The number of unbranched alkanes of at least 4 members (excludes halogenated alkanes) is 8. The molecule has 3 unspecified atom stereocenters. The summed E-state index contributed by atoms with van der Waals surface area (Å²) in [6.45, 7) is 22.5. The van der Waals surface area contributed by atoms with Crippen LogP contribution >= 0.6 is 21.6 Å². The van der Waals surface area contributed by atoms with Gasteiger partial charge in [0.2, 0.25) is 0 Å². The molecule has 0 aromatic carbocycles. The molecule has 0 saturated carbocycles. The number of hydrogen-bond acceptors (Lipinski definition) is 13. The maximum absolute atomic E-state index is 12.8. The summed E-state index contributed by atoms with van der Waals surface area (Å²) >= 11 is 0. The molecule has 0 aromatic heterocycles. The van der Waals surface area contributed by atoms with Gasteiger partial charge in [0.25, 0.3) is 0 Å². The van der Waals surface area contributed by atoms with Gasteiger partial charge in [-0.05, 0) is 89.5 Å². The predicted molar refractivity (Wildman–Crippen MR) is 280 cm³/mol. The van der Waals surface area contributed by atoms with Crippen molar-refractivity contribution in [1.29, 1.82) is 0 Å². The molecule has 0 aliphatic heterocycles. The molecule has 390 valence electrons. The van der Waals surface area contributed by atoms with E-state index in [0.717, 1.165) is 128 Å². The molecule has 0 N–H and O–H groups in total. The van der Waals surface area contributed by atoms with E-state index in [0.29, 0.717) is 96.0 Å². The number of esters is 4. The highest BCUT2D eigenvalue weighted by Gasteiger charge is 2.18. The first-order chi connectivity index (χ1) is 32.0. The van der Waals surface area contributed by atoms with Crippen LogP contribution < -0.4 is 0 Å². The van der Waals surface area contributed by atoms with Crippen LogP contribution in [0.4, 0.5) is 0 Å². The maximum Gasteiger partial charge on any atom is 0.307 e. The highest BCUT2D eigenvalue weighted by atomic mass is 33.1. The Labute approximate surface area is 414 Å².